The third-order valence-corrected chi connectivity index (χ3v) is 4.05. The summed E-state index contributed by atoms with van der Waals surface area (Å²) in [6.45, 7) is 0. The number of aromatic nitrogens is 4. The summed E-state index contributed by atoms with van der Waals surface area (Å²) in [6.07, 6.45) is 4.58. The fraction of sp³-hybridized carbons (Fsp3) is 0.143. The van der Waals surface area contributed by atoms with Crippen LogP contribution in [0, 0.1) is 0 Å². The number of nitrogens with zero attached hydrogens (tertiary/aromatic N) is 4. The topological polar surface area (TPSA) is 69.9 Å². The SMILES string of the molecule is [2H]c1c([2H])c(C(=O)Cc2ncc3ccc(-c4cncn4C)cc3n2)c([2H])c([2H])c1OC([2H])([2H])[2H]. The van der Waals surface area contributed by atoms with E-state index in [1.54, 1.807) is 18.7 Å². The summed E-state index contributed by atoms with van der Waals surface area (Å²) in [5.74, 6) is -1.34. The van der Waals surface area contributed by atoms with Gasteiger partial charge in [0.2, 0.25) is 0 Å². The summed E-state index contributed by atoms with van der Waals surface area (Å²) in [5, 5.41) is 0.748. The molecule has 0 aliphatic rings. The first kappa shape index (κ1) is 10.6. The second-order valence-corrected chi connectivity index (χ2v) is 5.86. The van der Waals surface area contributed by atoms with E-state index in [-0.39, 0.29) is 12.2 Å². The lowest BCUT2D eigenvalue weighted by atomic mass is 10.1. The lowest BCUT2D eigenvalue weighted by Crippen LogP contribution is -2.07. The number of aryl methyl sites for hydroxylation is 1. The van der Waals surface area contributed by atoms with E-state index in [0.717, 1.165) is 16.6 Å². The summed E-state index contributed by atoms with van der Waals surface area (Å²) in [7, 11) is -1.10. The Morgan fingerprint density at radius 2 is 2.11 bits per heavy atom. The number of fused-ring (bicyclic) bond motifs is 1. The van der Waals surface area contributed by atoms with Crippen molar-refractivity contribution < 1.29 is 19.1 Å². The smallest absolute Gasteiger partial charge is 0.170 e. The van der Waals surface area contributed by atoms with Gasteiger partial charge in [-0.3, -0.25) is 4.79 Å². The van der Waals surface area contributed by atoms with Gasteiger partial charge >= 0.3 is 0 Å². The molecule has 6 nitrogen and oxygen atoms in total. The number of ketones is 1. The van der Waals surface area contributed by atoms with Gasteiger partial charge in [0, 0.05) is 29.8 Å². The third kappa shape index (κ3) is 3.42. The number of Topliss-reactive ketones (excluding diaryl/α,β-unsaturated/α-hetero) is 1. The van der Waals surface area contributed by atoms with Crippen LogP contribution in [0.3, 0.4) is 0 Å². The normalized spacial score (nSPS) is 15.1. The van der Waals surface area contributed by atoms with E-state index in [9.17, 15) is 4.79 Å². The number of carbonyl (C=O) groups excluding carboxylic acids is 1. The quantitative estimate of drug-likeness (QED) is 0.507. The molecule has 0 N–H and O–H groups in total. The molecule has 4 aromatic rings. The van der Waals surface area contributed by atoms with Crippen molar-refractivity contribution >= 4 is 16.7 Å². The van der Waals surface area contributed by atoms with Crippen LogP contribution in [-0.2, 0) is 13.5 Å². The Hall–Kier alpha value is -3.54. The molecule has 2 aromatic heterocycles. The standard InChI is InChI=1S/C21H18N4O2/c1-25-13-22-12-19(25)15-3-4-16-11-23-21(24-18(16)9-15)10-20(26)14-5-7-17(27-2)8-6-14/h3-9,11-13H,10H2,1-2H3/i2D3,5D,6D,7D,8D. The Morgan fingerprint density at radius 1 is 1.26 bits per heavy atom. The number of ether oxygens (including phenoxy) is 1. The molecular formula is C21H18N4O2. The number of rotatable bonds is 5. The van der Waals surface area contributed by atoms with Crippen molar-refractivity contribution in [1.29, 1.82) is 0 Å². The zero-order valence-electron chi connectivity index (χ0n) is 21.3. The molecule has 27 heavy (non-hydrogen) atoms. The average molecular weight is 365 g/mol. The van der Waals surface area contributed by atoms with E-state index in [1.807, 2.05) is 29.8 Å². The van der Waals surface area contributed by atoms with Crippen LogP contribution in [0.15, 0.2) is 61.1 Å². The Balaban J connectivity index is 1.68. The van der Waals surface area contributed by atoms with Crippen molar-refractivity contribution in [3.63, 3.8) is 0 Å². The van der Waals surface area contributed by atoms with Gasteiger partial charge in [0.05, 0.1) is 46.8 Å². The van der Waals surface area contributed by atoms with Crippen LogP contribution in [0.25, 0.3) is 22.2 Å². The van der Waals surface area contributed by atoms with Gasteiger partial charge in [0.25, 0.3) is 0 Å². The summed E-state index contributed by atoms with van der Waals surface area (Å²) in [4.78, 5) is 25.7. The van der Waals surface area contributed by atoms with Crippen LogP contribution in [0.4, 0.5) is 0 Å². The monoisotopic (exact) mass is 365 g/mol. The van der Waals surface area contributed by atoms with Crippen molar-refractivity contribution in [2.24, 2.45) is 7.05 Å². The highest BCUT2D eigenvalue weighted by atomic mass is 16.5. The molecule has 0 spiro atoms. The lowest BCUT2D eigenvalue weighted by molar-refractivity contribution is 0.0991. The average Bonchev–Trinajstić information content (AvgIpc) is 3.20. The molecule has 0 aliphatic heterocycles. The van der Waals surface area contributed by atoms with Gasteiger partial charge in [-0.05, 0) is 30.2 Å². The van der Waals surface area contributed by atoms with Crippen molar-refractivity contribution in [1.82, 2.24) is 19.5 Å². The molecule has 0 radical (unpaired) electrons. The van der Waals surface area contributed by atoms with Crippen LogP contribution < -0.4 is 4.74 Å². The maximum atomic E-state index is 12.9. The number of imidazole rings is 1. The fourth-order valence-corrected chi connectivity index (χ4v) is 2.66. The van der Waals surface area contributed by atoms with Crippen molar-refractivity contribution in [2.75, 3.05) is 7.04 Å². The predicted molar refractivity (Wildman–Crippen MR) is 103 cm³/mol. The van der Waals surface area contributed by atoms with Crippen molar-refractivity contribution in [3.05, 3.63) is 72.5 Å². The van der Waals surface area contributed by atoms with Gasteiger partial charge in [-0.15, -0.1) is 0 Å². The van der Waals surface area contributed by atoms with Crippen LogP contribution in [0.2, 0.25) is 0 Å². The highest BCUT2D eigenvalue weighted by Crippen LogP contribution is 2.23. The molecule has 0 saturated heterocycles. The molecule has 0 bridgehead atoms. The first-order valence-electron chi connectivity index (χ1n) is 11.5. The molecule has 0 aliphatic carbocycles. The summed E-state index contributed by atoms with van der Waals surface area (Å²) < 4.78 is 60.2. The predicted octanol–water partition coefficient (Wildman–Crippen LogP) is 3.46. The molecular weight excluding hydrogens is 340 g/mol. The largest absolute Gasteiger partial charge is 0.497 e. The van der Waals surface area contributed by atoms with Gasteiger partial charge in [-0.2, -0.15) is 0 Å². The maximum Gasteiger partial charge on any atom is 0.170 e. The van der Waals surface area contributed by atoms with Gasteiger partial charge in [0.15, 0.2) is 5.78 Å². The molecule has 0 atom stereocenters. The lowest BCUT2D eigenvalue weighted by Gasteiger charge is -2.06. The second kappa shape index (κ2) is 6.99. The molecule has 6 heteroatoms. The van der Waals surface area contributed by atoms with E-state index in [0.29, 0.717) is 5.52 Å². The summed E-state index contributed by atoms with van der Waals surface area (Å²) in [5.41, 5.74) is 1.84. The summed E-state index contributed by atoms with van der Waals surface area (Å²) in [6, 6.07) is 2.70. The van der Waals surface area contributed by atoms with E-state index < -0.39 is 48.3 Å². The minimum Gasteiger partial charge on any atom is -0.497 e. The van der Waals surface area contributed by atoms with E-state index in [1.165, 1.54) is 0 Å². The first-order valence-corrected chi connectivity index (χ1v) is 8.01. The molecule has 0 amide bonds. The number of carbonyl (C=O) groups is 1. The minimum absolute atomic E-state index is 0.138. The molecule has 2 aromatic carbocycles. The molecule has 2 heterocycles. The zero-order chi connectivity index (χ0) is 24.8. The summed E-state index contributed by atoms with van der Waals surface area (Å²) >= 11 is 0. The van der Waals surface area contributed by atoms with Gasteiger partial charge in [0.1, 0.15) is 11.6 Å². The van der Waals surface area contributed by atoms with Gasteiger partial charge in [-0.1, -0.05) is 12.1 Å². The number of methoxy groups -OCH3 is 1. The van der Waals surface area contributed by atoms with Crippen LogP contribution in [0.5, 0.6) is 5.75 Å². The first-order chi connectivity index (χ1) is 16.0. The van der Waals surface area contributed by atoms with Gasteiger partial charge < -0.3 is 9.30 Å². The Kier molecular flexibility index (Phi) is 2.74. The van der Waals surface area contributed by atoms with Crippen LogP contribution >= 0.6 is 0 Å². The van der Waals surface area contributed by atoms with Crippen molar-refractivity contribution in [2.45, 2.75) is 6.42 Å². The highest BCUT2D eigenvalue weighted by Gasteiger charge is 2.11. The van der Waals surface area contributed by atoms with E-state index in [4.69, 9.17) is 9.60 Å². The Labute approximate surface area is 166 Å². The van der Waals surface area contributed by atoms with Crippen molar-refractivity contribution in [3.8, 4) is 17.0 Å². The number of benzene rings is 2. The van der Waals surface area contributed by atoms with E-state index in [2.05, 4.69) is 19.7 Å². The molecule has 0 fully saturated rings. The third-order valence-electron chi connectivity index (χ3n) is 4.05. The van der Waals surface area contributed by atoms with Gasteiger partial charge in [-0.25, -0.2) is 15.0 Å². The highest BCUT2D eigenvalue weighted by molar-refractivity contribution is 5.97. The number of hydrogen-bond donors (Lipinski definition) is 0. The minimum atomic E-state index is -2.97. The Morgan fingerprint density at radius 3 is 2.85 bits per heavy atom. The molecule has 4 rings (SSSR count). The van der Waals surface area contributed by atoms with Crippen LogP contribution in [0.1, 0.15) is 25.8 Å². The van der Waals surface area contributed by atoms with E-state index >= 15 is 0 Å². The molecule has 134 valence electrons. The molecule has 0 saturated carbocycles. The maximum absolute atomic E-state index is 12.9. The fourth-order valence-electron chi connectivity index (χ4n) is 2.66. The molecule has 0 unspecified atom stereocenters. The second-order valence-electron chi connectivity index (χ2n) is 5.86. The zero-order valence-corrected chi connectivity index (χ0v) is 14.3. The van der Waals surface area contributed by atoms with Crippen LogP contribution in [-0.4, -0.2) is 32.3 Å². The Bertz CT molecular complexity index is 1400. The number of hydrogen-bond acceptors (Lipinski definition) is 5.